The van der Waals surface area contributed by atoms with Gasteiger partial charge in [0.2, 0.25) is 10.0 Å². The molecule has 0 saturated heterocycles. The molecular weight excluding hydrogens is 272 g/mol. The molecule has 0 amide bonds. The lowest BCUT2D eigenvalue weighted by molar-refractivity contribution is 0.582. The van der Waals surface area contributed by atoms with E-state index >= 15 is 0 Å². The fraction of sp³-hybridized carbons (Fsp3) is 0.500. The summed E-state index contributed by atoms with van der Waals surface area (Å²) in [5.41, 5.74) is 6.42. The van der Waals surface area contributed by atoms with Crippen LogP contribution in [-0.2, 0) is 16.4 Å². The summed E-state index contributed by atoms with van der Waals surface area (Å²) in [5.74, 6) is 0.563. The lowest BCUT2D eigenvalue weighted by Crippen LogP contribution is -2.29. The predicted octanol–water partition coefficient (Wildman–Crippen LogP) is 1.54. The second kappa shape index (κ2) is 7.74. The maximum absolute atomic E-state index is 11.8. The molecule has 0 fully saturated rings. The molecule has 0 spiro atoms. The van der Waals surface area contributed by atoms with E-state index in [1.165, 1.54) is 0 Å². The molecule has 0 aliphatic rings. The monoisotopic (exact) mass is 292 g/mol. The Bertz CT molecular complexity index is 444. The van der Waals surface area contributed by atoms with Crippen LogP contribution in [0.15, 0.2) is 29.2 Å². The summed E-state index contributed by atoms with van der Waals surface area (Å²) in [6.07, 6.45) is 0.955. The van der Waals surface area contributed by atoms with Crippen molar-refractivity contribution in [2.45, 2.75) is 25.2 Å². The van der Waals surface area contributed by atoms with Gasteiger partial charge in [0, 0.05) is 13.1 Å². The first kappa shape index (κ1) is 17.4. The average molecular weight is 293 g/mol. The SMILES string of the molecule is CC(C)Cc1ccc(S(=O)(=O)NCCN)cc1.Cl. The number of nitrogens with one attached hydrogen (secondary N) is 1. The lowest BCUT2D eigenvalue weighted by atomic mass is 10.0. The molecule has 0 aliphatic heterocycles. The highest BCUT2D eigenvalue weighted by atomic mass is 35.5. The van der Waals surface area contributed by atoms with E-state index in [2.05, 4.69) is 18.6 Å². The third-order valence-corrected chi connectivity index (χ3v) is 3.79. The normalized spacial score (nSPS) is 11.3. The lowest BCUT2D eigenvalue weighted by Gasteiger charge is -2.08. The molecule has 4 nitrogen and oxygen atoms in total. The Morgan fingerprint density at radius 1 is 1.22 bits per heavy atom. The molecule has 0 radical (unpaired) electrons. The topological polar surface area (TPSA) is 72.2 Å². The average Bonchev–Trinajstić information content (AvgIpc) is 2.26. The first-order valence-electron chi connectivity index (χ1n) is 5.74. The van der Waals surface area contributed by atoms with Gasteiger partial charge in [-0.3, -0.25) is 0 Å². The smallest absolute Gasteiger partial charge is 0.240 e. The maximum atomic E-state index is 11.8. The quantitative estimate of drug-likeness (QED) is 0.835. The minimum Gasteiger partial charge on any atom is -0.329 e. The Labute approximate surface area is 115 Å². The number of nitrogens with two attached hydrogens (primary N) is 1. The van der Waals surface area contributed by atoms with Crippen LogP contribution in [0.2, 0.25) is 0 Å². The van der Waals surface area contributed by atoms with Crippen LogP contribution < -0.4 is 10.5 Å². The molecule has 6 heteroatoms. The van der Waals surface area contributed by atoms with Crippen molar-refractivity contribution in [3.8, 4) is 0 Å². The van der Waals surface area contributed by atoms with Crippen molar-refractivity contribution < 1.29 is 8.42 Å². The zero-order chi connectivity index (χ0) is 12.9. The molecule has 1 rings (SSSR count). The van der Waals surface area contributed by atoms with Gasteiger partial charge in [0.25, 0.3) is 0 Å². The highest BCUT2D eigenvalue weighted by molar-refractivity contribution is 7.89. The van der Waals surface area contributed by atoms with E-state index < -0.39 is 10.0 Å². The van der Waals surface area contributed by atoms with Crippen molar-refractivity contribution in [3.05, 3.63) is 29.8 Å². The largest absolute Gasteiger partial charge is 0.329 e. The number of hydrogen-bond acceptors (Lipinski definition) is 3. The summed E-state index contributed by atoms with van der Waals surface area (Å²) < 4.78 is 25.9. The predicted molar refractivity (Wildman–Crippen MR) is 76.5 cm³/mol. The van der Waals surface area contributed by atoms with Gasteiger partial charge < -0.3 is 5.73 Å². The van der Waals surface area contributed by atoms with Crippen LogP contribution in [0.1, 0.15) is 19.4 Å². The van der Waals surface area contributed by atoms with Crippen LogP contribution in [0, 0.1) is 5.92 Å². The van der Waals surface area contributed by atoms with Crippen LogP contribution in [0.5, 0.6) is 0 Å². The maximum Gasteiger partial charge on any atom is 0.240 e. The zero-order valence-corrected chi connectivity index (χ0v) is 12.4. The Morgan fingerprint density at radius 3 is 2.22 bits per heavy atom. The van der Waals surface area contributed by atoms with E-state index in [-0.39, 0.29) is 19.0 Å². The van der Waals surface area contributed by atoms with E-state index in [4.69, 9.17) is 5.73 Å². The van der Waals surface area contributed by atoms with Crippen molar-refractivity contribution in [2.24, 2.45) is 11.7 Å². The van der Waals surface area contributed by atoms with Gasteiger partial charge in [-0.1, -0.05) is 26.0 Å². The summed E-state index contributed by atoms with van der Waals surface area (Å²) in [7, 11) is -3.40. The van der Waals surface area contributed by atoms with Crippen LogP contribution >= 0.6 is 12.4 Å². The molecule has 0 saturated carbocycles. The number of benzene rings is 1. The third kappa shape index (κ3) is 5.35. The van der Waals surface area contributed by atoms with Gasteiger partial charge in [-0.05, 0) is 30.0 Å². The van der Waals surface area contributed by atoms with E-state index in [9.17, 15) is 8.42 Å². The van der Waals surface area contributed by atoms with Crippen LogP contribution in [-0.4, -0.2) is 21.5 Å². The van der Waals surface area contributed by atoms with Gasteiger partial charge in [-0.25, -0.2) is 13.1 Å². The van der Waals surface area contributed by atoms with Gasteiger partial charge in [-0.15, -0.1) is 12.4 Å². The van der Waals surface area contributed by atoms with Crippen molar-refractivity contribution in [2.75, 3.05) is 13.1 Å². The number of rotatable bonds is 6. The number of hydrogen-bond donors (Lipinski definition) is 2. The van der Waals surface area contributed by atoms with Gasteiger partial charge >= 0.3 is 0 Å². The number of sulfonamides is 1. The molecule has 104 valence electrons. The minimum atomic E-state index is -3.40. The molecule has 0 atom stereocenters. The molecular formula is C12H21ClN2O2S. The van der Waals surface area contributed by atoms with E-state index in [1.54, 1.807) is 12.1 Å². The fourth-order valence-electron chi connectivity index (χ4n) is 1.55. The van der Waals surface area contributed by atoms with Crippen molar-refractivity contribution in [3.63, 3.8) is 0 Å². The molecule has 0 bridgehead atoms. The second-order valence-corrected chi connectivity index (χ2v) is 6.20. The Balaban J connectivity index is 0.00000289. The fourth-order valence-corrected chi connectivity index (χ4v) is 2.60. The molecule has 0 aromatic heterocycles. The van der Waals surface area contributed by atoms with E-state index in [0.29, 0.717) is 17.4 Å². The summed E-state index contributed by atoms with van der Waals surface area (Å²) in [6.45, 7) is 4.82. The molecule has 0 heterocycles. The number of halogens is 1. The third-order valence-electron chi connectivity index (χ3n) is 2.31. The molecule has 0 unspecified atom stereocenters. The molecule has 0 aliphatic carbocycles. The van der Waals surface area contributed by atoms with Crippen LogP contribution in [0.4, 0.5) is 0 Å². The van der Waals surface area contributed by atoms with Gasteiger partial charge in [-0.2, -0.15) is 0 Å². The van der Waals surface area contributed by atoms with Crippen LogP contribution in [0.3, 0.4) is 0 Å². The molecule has 3 N–H and O–H groups in total. The summed E-state index contributed by atoms with van der Waals surface area (Å²) in [6, 6.07) is 6.99. The van der Waals surface area contributed by atoms with E-state index in [1.807, 2.05) is 12.1 Å². The first-order chi connectivity index (χ1) is 7.95. The Kier molecular flexibility index (Phi) is 7.47. The minimum absolute atomic E-state index is 0. The van der Waals surface area contributed by atoms with E-state index in [0.717, 1.165) is 12.0 Å². The summed E-state index contributed by atoms with van der Waals surface area (Å²) in [5, 5.41) is 0. The molecule has 1 aromatic carbocycles. The van der Waals surface area contributed by atoms with Crippen molar-refractivity contribution in [1.82, 2.24) is 4.72 Å². The highest BCUT2D eigenvalue weighted by Crippen LogP contribution is 2.13. The molecule has 18 heavy (non-hydrogen) atoms. The van der Waals surface area contributed by atoms with Crippen molar-refractivity contribution in [1.29, 1.82) is 0 Å². The summed E-state index contributed by atoms with van der Waals surface area (Å²) >= 11 is 0. The van der Waals surface area contributed by atoms with Crippen LogP contribution in [0.25, 0.3) is 0 Å². The Morgan fingerprint density at radius 2 is 1.78 bits per heavy atom. The van der Waals surface area contributed by atoms with Gasteiger partial charge in [0.1, 0.15) is 0 Å². The summed E-state index contributed by atoms with van der Waals surface area (Å²) in [4.78, 5) is 0.290. The molecule has 1 aromatic rings. The second-order valence-electron chi connectivity index (χ2n) is 4.43. The van der Waals surface area contributed by atoms with Gasteiger partial charge in [0.15, 0.2) is 0 Å². The highest BCUT2D eigenvalue weighted by Gasteiger charge is 2.12. The van der Waals surface area contributed by atoms with Gasteiger partial charge in [0.05, 0.1) is 4.90 Å². The first-order valence-corrected chi connectivity index (χ1v) is 7.22. The van der Waals surface area contributed by atoms with Crippen molar-refractivity contribution >= 4 is 22.4 Å². The standard InChI is InChI=1S/C12H20N2O2S.ClH/c1-10(2)9-11-3-5-12(6-4-11)17(15,16)14-8-7-13;/h3-6,10,14H,7-9,13H2,1-2H3;1H. The Hall–Kier alpha value is -0.620. The zero-order valence-electron chi connectivity index (χ0n) is 10.7.